The first-order valence-electron chi connectivity index (χ1n) is 5.58. The lowest BCUT2D eigenvalue weighted by molar-refractivity contribution is 0.0932. The molecule has 0 bridgehead atoms. The van der Waals surface area contributed by atoms with Gasteiger partial charge in [0.15, 0.2) is 0 Å². The predicted molar refractivity (Wildman–Crippen MR) is 83.9 cm³/mol. The molecule has 1 amide bonds. The van der Waals surface area contributed by atoms with E-state index in [1.807, 2.05) is 25.1 Å². The smallest absolute Gasteiger partial charge is 0.251 e. The van der Waals surface area contributed by atoms with Gasteiger partial charge in [-0.3, -0.25) is 4.79 Å². The topological polar surface area (TPSA) is 29.1 Å². The number of benzene rings is 1. The summed E-state index contributed by atoms with van der Waals surface area (Å²) in [6.45, 7) is 6.23. The zero-order valence-electron chi connectivity index (χ0n) is 10.3. The van der Waals surface area contributed by atoms with E-state index < -0.39 is 0 Å². The Morgan fingerprint density at radius 1 is 1.41 bits per heavy atom. The minimum atomic E-state index is 0.00441. The van der Waals surface area contributed by atoms with Crippen molar-refractivity contribution < 1.29 is 4.79 Å². The fraction of sp³-hybridized carbons (Fsp3) is 0.462. The molecule has 0 aliphatic heterocycles. The molecule has 0 aliphatic rings. The van der Waals surface area contributed by atoms with Crippen molar-refractivity contribution in [2.75, 3.05) is 4.43 Å². The summed E-state index contributed by atoms with van der Waals surface area (Å²) in [5.74, 6) is 0.453. The van der Waals surface area contributed by atoms with Crippen molar-refractivity contribution in [1.82, 2.24) is 5.32 Å². The molecule has 1 rings (SSSR count). The molecule has 0 radical (unpaired) electrons. The van der Waals surface area contributed by atoms with Crippen LogP contribution in [0.2, 0.25) is 0 Å². The third-order valence-electron chi connectivity index (χ3n) is 2.59. The van der Waals surface area contributed by atoms with Crippen molar-refractivity contribution in [2.24, 2.45) is 5.92 Å². The Morgan fingerprint density at radius 3 is 2.53 bits per heavy atom. The number of hydrogen-bond donors (Lipinski definition) is 1. The van der Waals surface area contributed by atoms with Gasteiger partial charge < -0.3 is 5.32 Å². The molecule has 0 fully saturated rings. The first-order valence-corrected chi connectivity index (χ1v) is 7.90. The van der Waals surface area contributed by atoms with Crippen LogP contribution < -0.4 is 5.32 Å². The monoisotopic (exact) mass is 409 g/mol. The molecule has 94 valence electrons. The van der Waals surface area contributed by atoms with Crippen LogP contribution in [0.5, 0.6) is 0 Å². The number of amides is 1. The maximum atomic E-state index is 12.1. The Bertz CT molecular complexity index is 386. The minimum absolute atomic E-state index is 0.00441. The molecule has 1 unspecified atom stereocenters. The summed E-state index contributed by atoms with van der Waals surface area (Å²) in [5, 5.41) is 3.07. The highest BCUT2D eigenvalue weighted by Crippen LogP contribution is 2.16. The van der Waals surface area contributed by atoms with Crippen LogP contribution in [0.15, 0.2) is 22.7 Å². The van der Waals surface area contributed by atoms with Crippen LogP contribution in [0.1, 0.15) is 29.8 Å². The van der Waals surface area contributed by atoms with Gasteiger partial charge in [0, 0.05) is 20.5 Å². The van der Waals surface area contributed by atoms with Crippen molar-refractivity contribution in [3.63, 3.8) is 0 Å². The van der Waals surface area contributed by atoms with Crippen LogP contribution in [0, 0.1) is 12.8 Å². The molecule has 1 atom stereocenters. The molecule has 4 heteroatoms. The van der Waals surface area contributed by atoms with E-state index in [0.717, 1.165) is 14.5 Å². The fourth-order valence-corrected chi connectivity index (χ4v) is 3.35. The predicted octanol–water partition coefficient (Wildman–Crippen LogP) is 3.95. The van der Waals surface area contributed by atoms with E-state index in [-0.39, 0.29) is 11.9 Å². The quantitative estimate of drug-likeness (QED) is 0.592. The second kappa shape index (κ2) is 6.73. The minimum Gasteiger partial charge on any atom is -0.348 e. The van der Waals surface area contributed by atoms with Crippen molar-refractivity contribution in [3.05, 3.63) is 33.8 Å². The summed E-state index contributed by atoms with van der Waals surface area (Å²) >= 11 is 5.72. The van der Waals surface area contributed by atoms with Gasteiger partial charge >= 0.3 is 0 Å². The molecule has 1 aromatic carbocycles. The highest BCUT2D eigenvalue weighted by atomic mass is 127. The molecule has 0 aliphatic carbocycles. The number of rotatable bonds is 4. The van der Waals surface area contributed by atoms with E-state index in [1.165, 1.54) is 0 Å². The van der Waals surface area contributed by atoms with Gasteiger partial charge in [-0.05, 0) is 36.6 Å². The molecule has 1 N–H and O–H groups in total. The summed E-state index contributed by atoms with van der Waals surface area (Å²) in [4.78, 5) is 12.1. The molecular formula is C13H17BrINO. The molecule has 0 aromatic heterocycles. The van der Waals surface area contributed by atoms with Gasteiger partial charge in [0.2, 0.25) is 0 Å². The van der Waals surface area contributed by atoms with Gasteiger partial charge in [-0.15, -0.1) is 0 Å². The van der Waals surface area contributed by atoms with Gasteiger partial charge in [-0.25, -0.2) is 0 Å². The fourth-order valence-electron chi connectivity index (χ4n) is 1.50. The Hall–Kier alpha value is -0.100. The Morgan fingerprint density at radius 2 is 2.06 bits per heavy atom. The Kier molecular flexibility index (Phi) is 5.92. The number of hydrogen-bond acceptors (Lipinski definition) is 1. The average Bonchev–Trinajstić information content (AvgIpc) is 2.23. The zero-order valence-corrected chi connectivity index (χ0v) is 14.0. The van der Waals surface area contributed by atoms with Crippen molar-refractivity contribution in [3.8, 4) is 0 Å². The van der Waals surface area contributed by atoms with E-state index in [4.69, 9.17) is 0 Å². The average molecular weight is 410 g/mol. The summed E-state index contributed by atoms with van der Waals surface area (Å²) in [7, 11) is 0. The number of carbonyl (C=O) groups excluding carboxylic acids is 1. The molecule has 0 saturated heterocycles. The van der Waals surface area contributed by atoms with E-state index >= 15 is 0 Å². The maximum Gasteiger partial charge on any atom is 0.251 e. The number of alkyl halides is 1. The lowest BCUT2D eigenvalue weighted by Gasteiger charge is -2.20. The highest BCUT2D eigenvalue weighted by molar-refractivity contribution is 14.1. The molecule has 2 nitrogen and oxygen atoms in total. The summed E-state index contributed by atoms with van der Waals surface area (Å²) < 4.78 is 1.87. The number of aryl methyl sites for hydroxylation is 1. The number of carbonyl (C=O) groups is 1. The standard InChI is InChI=1S/C13H17BrINO/c1-8(2)12(7-15)16-13(17)10-4-9(3)5-11(14)6-10/h4-6,8,12H,7H2,1-3H3,(H,16,17). The first kappa shape index (κ1) is 15.0. The Balaban J connectivity index is 2.82. The van der Waals surface area contributed by atoms with Crippen LogP contribution in [-0.2, 0) is 0 Å². The van der Waals surface area contributed by atoms with Crippen molar-refractivity contribution in [2.45, 2.75) is 26.8 Å². The lowest BCUT2D eigenvalue weighted by Crippen LogP contribution is -2.39. The van der Waals surface area contributed by atoms with Gasteiger partial charge in [0.25, 0.3) is 5.91 Å². The molecule has 0 heterocycles. The number of nitrogens with one attached hydrogen (secondary N) is 1. The normalized spacial score (nSPS) is 12.6. The van der Waals surface area contributed by atoms with Gasteiger partial charge in [-0.2, -0.15) is 0 Å². The molecule has 0 saturated carbocycles. The summed E-state index contributed by atoms with van der Waals surface area (Å²) in [5.41, 5.74) is 1.80. The van der Waals surface area contributed by atoms with Crippen molar-refractivity contribution in [1.29, 1.82) is 0 Å². The van der Waals surface area contributed by atoms with Crippen molar-refractivity contribution >= 4 is 44.4 Å². The largest absolute Gasteiger partial charge is 0.348 e. The van der Waals surface area contributed by atoms with E-state index in [2.05, 4.69) is 57.7 Å². The van der Waals surface area contributed by atoms with Crippen LogP contribution in [0.25, 0.3) is 0 Å². The molecule has 17 heavy (non-hydrogen) atoms. The first-order chi connectivity index (χ1) is 7.93. The van der Waals surface area contributed by atoms with Gasteiger partial charge in [0.1, 0.15) is 0 Å². The molecular weight excluding hydrogens is 393 g/mol. The van der Waals surface area contributed by atoms with E-state index in [9.17, 15) is 4.79 Å². The number of halogens is 2. The van der Waals surface area contributed by atoms with Gasteiger partial charge in [-0.1, -0.05) is 52.4 Å². The van der Waals surface area contributed by atoms with Crippen LogP contribution in [0.3, 0.4) is 0 Å². The van der Waals surface area contributed by atoms with Crippen LogP contribution >= 0.6 is 38.5 Å². The third-order valence-corrected chi connectivity index (χ3v) is 4.00. The highest BCUT2D eigenvalue weighted by Gasteiger charge is 2.16. The SMILES string of the molecule is Cc1cc(Br)cc(C(=O)NC(CI)C(C)C)c1. The van der Waals surface area contributed by atoms with E-state index in [0.29, 0.717) is 11.5 Å². The second-order valence-corrected chi connectivity index (χ2v) is 6.29. The third kappa shape index (κ3) is 4.58. The Labute approximate surface area is 125 Å². The molecule has 0 spiro atoms. The van der Waals surface area contributed by atoms with E-state index in [1.54, 1.807) is 0 Å². The lowest BCUT2D eigenvalue weighted by atomic mass is 10.1. The van der Waals surface area contributed by atoms with Gasteiger partial charge in [0.05, 0.1) is 0 Å². The zero-order chi connectivity index (χ0) is 13.0. The summed E-state index contributed by atoms with van der Waals surface area (Å²) in [6.07, 6.45) is 0. The van der Waals surface area contributed by atoms with Crippen LogP contribution in [0.4, 0.5) is 0 Å². The van der Waals surface area contributed by atoms with Crippen LogP contribution in [-0.4, -0.2) is 16.4 Å². The maximum absolute atomic E-state index is 12.1. The second-order valence-electron chi connectivity index (χ2n) is 4.50. The summed E-state index contributed by atoms with van der Waals surface area (Å²) in [6, 6.07) is 5.98. The molecule has 1 aromatic rings.